The molecule has 4 heteroatoms. The molecule has 0 amide bonds. The maximum absolute atomic E-state index is 6.42. The Morgan fingerprint density at radius 3 is 2.80 bits per heavy atom. The first kappa shape index (κ1) is 15.1. The standard InChI is InChI=1S/C16H22ClN3/c1-4-7-18-12(2)14-6-5-13(10-15(14)17)11-16-19-8-9-20(16)3/h5-6,8-10,12,18H,4,7,11H2,1-3H3. The summed E-state index contributed by atoms with van der Waals surface area (Å²) in [5.41, 5.74) is 2.35. The lowest BCUT2D eigenvalue weighted by Crippen LogP contribution is -2.19. The first-order valence-corrected chi connectivity index (χ1v) is 7.47. The zero-order chi connectivity index (χ0) is 14.5. The molecule has 0 spiro atoms. The van der Waals surface area contributed by atoms with Crippen molar-refractivity contribution in [2.45, 2.75) is 32.7 Å². The molecule has 1 N–H and O–H groups in total. The zero-order valence-electron chi connectivity index (χ0n) is 12.4. The maximum atomic E-state index is 6.42. The highest BCUT2D eigenvalue weighted by atomic mass is 35.5. The van der Waals surface area contributed by atoms with Gasteiger partial charge >= 0.3 is 0 Å². The summed E-state index contributed by atoms with van der Waals surface area (Å²) in [5.74, 6) is 1.05. The van der Waals surface area contributed by atoms with Crippen LogP contribution in [0.25, 0.3) is 0 Å². The van der Waals surface area contributed by atoms with Crippen LogP contribution in [-0.2, 0) is 13.5 Å². The number of imidazole rings is 1. The summed E-state index contributed by atoms with van der Waals surface area (Å²) in [4.78, 5) is 4.35. The predicted octanol–water partition coefficient (Wildman–Crippen LogP) is 3.72. The molecule has 3 nitrogen and oxygen atoms in total. The summed E-state index contributed by atoms with van der Waals surface area (Å²) in [6, 6.07) is 6.59. The van der Waals surface area contributed by atoms with Crippen LogP contribution in [0.1, 0.15) is 43.3 Å². The molecule has 1 aromatic carbocycles. The fourth-order valence-corrected chi connectivity index (χ4v) is 2.62. The Morgan fingerprint density at radius 1 is 1.40 bits per heavy atom. The summed E-state index contributed by atoms with van der Waals surface area (Å²) in [6.45, 7) is 5.32. The first-order valence-electron chi connectivity index (χ1n) is 7.09. The third kappa shape index (κ3) is 3.62. The molecule has 20 heavy (non-hydrogen) atoms. The van der Waals surface area contributed by atoms with Crippen LogP contribution in [0, 0.1) is 0 Å². The molecule has 0 radical (unpaired) electrons. The van der Waals surface area contributed by atoms with E-state index in [0.717, 1.165) is 35.8 Å². The van der Waals surface area contributed by atoms with E-state index in [1.54, 1.807) is 0 Å². The topological polar surface area (TPSA) is 29.9 Å². The second kappa shape index (κ2) is 6.91. The van der Waals surface area contributed by atoms with Crippen molar-refractivity contribution in [3.63, 3.8) is 0 Å². The van der Waals surface area contributed by atoms with Gasteiger partial charge in [0, 0.05) is 36.9 Å². The summed E-state index contributed by atoms with van der Waals surface area (Å²) in [6.07, 6.45) is 5.71. The Bertz CT molecular complexity index is 563. The molecule has 0 fully saturated rings. The maximum Gasteiger partial charge on any atom is 0.112 e. The predicted molar refractivity (Wildman–Crippen MR) is 84.2 cm³/mol. The van der Waals surface area contributed by atoms with Crippen LogP contribution in [0.3, 0.4) is 0 Å². The highest BCUT2D eigenvalue weighted by molar-refractivity contribution is 6.31. The average molecular weight is 292 g/mol. The molecule has 2 aromatic rings. The third-order valence-electron chi connectivity index (χ3n) is 3.52. The van der Waals surface area contributed by atoms with E-state index in [1.807, 2.05) is 24.0 Å². The number of hydrogen-bond donors (Lipinski definition) is 1. The number of hydrogen-bond acceptors (Lipinski definition) is 2. The van der Waals surface area contributed by atoms with Gasteiger partial charge in [-0.25, -0.2) is 4.98 Å². The molecule has 1 unspecified atom stereocenters. The Hall–Kier alpha value is -1.32. The van der Waals surface area contributed by atoms with Gasteiger partial charge in [0.25, 0.3) is 0 Å². The van der Waals surface area contributed by atoms with Gasteiger partial charge in [0.15, 0.2) is 0 Å². The molecule has 0 aliphatic rings. The van der Waals surface area contributed by atoms with Crippen molar-refractivity contribution < 1.29 is 0 Å². The molecule has 0 saturated heterocycles. The van der Waals surface area contributed by atoms with Crippen molar-refractivity contribution >= 4 is 11.6 Å². The molecule has 0 bridgehead atoms. The van der Waals surface area contributed by atoms with Gasteiger partial charge in [-0.1, -0.05) is 30.7 Å². The summed E-state index contributed by atoms with van der Waals surface area (Å²) in [7, 11) is 2.01. The highest BCUT2D eigenvalue weighted by Gasteiger charge is 2.10. The van der Waals surface area contributed by atoms with Crippen LogP contribution in [0.15, 0.2) is 30.6 Å². The van der Waals surface area contributed by atoms with Gasteiger partial charge in [-0.3, -0.25) is 0 Å². The summed E-state index contributed by atoms with van der Waals surface area (Å²) < 4.78 is 2.03. The normalized spacial score (nSPS) is 12.6. The van der Waals surface area contributed by atoms with E-state index in [9.17, 15) is 0 Å². The van der Waals surface area contributed by atoms with E-state index >= 15 is 0 Å². The highest BCUT2D eigenvalue weighted by Crippen LogP contribution is 2.25. The molecule has 0 saturated carbocycles. The van der Waals surface area contributed by atoms with E-state index in [1.165, 1.54) is 5.56 Å². The average Bonchev–Trinajstić information content (AvgIpc) is 2.82. The van der Waals surface area contributed by atoms with Gasteiger partial charge in [0.2, 0.25) is 0 Å². The van der Waals surface area contributed by atoms with Crippen LogP contribution < -0.4 is 5.32 Å². The summed E-state index contributed by atoms with van der Waals surface area (Å²) in [5, 5.41) is 4.29. The minimum absolute atomic E-state index is 0.282. The molecule has 0 aliphatic heterocycles. The van der Waals surface area contributed by atoms with Gasteiger partial charge in [-0.2, -0.15) is 0 Å². The number of nitrogens with one attached hydrogen (secondary N) is 1. The van der Waals surface area contributed by atoms with Crippen LogP contribution in [0.5, 0.6) is 0 Å². The molecule has 1 atom stereocenters. The van der Waals surface area contributed by atoms with Gasteiger partial charge in [-0.05, 0) is 37.1 Å². The van der Waals surface area contributed by atoms with Crippen LogP contribution in [-0.4, -0.2) is 16.1 Å². The first-order chi connectivity index (χ1) is 9.61. The Labute approximate surface area is 126 Å². The van der Waals surface area contributed by atoms with Gasteiger partial charge in [-0.15, -0.1) is 0 Å². The largest absolute Gasteiger partial charge is 0.338 e. The van der Waals surface area contributed by atoms with E-state index < -0.39 is 0 Å². The van der Waals surface area contributed by atoms with Gasteiger partial charge in [0.05, 0.1) is 0 Å². The molecule has 0 aliphatic carbocycles. The molecular formula is C16H22ClN3. The quantitative estimate of drug-likeness (QED) is 0.879. The molecule has 108 valence electrons. The number of benzene rings is 1. The Balaban J connectivity index is 2.11. The van der Waals surface area contributed by atoms with Crippen molar-refractivity contribution in [3.05, 3.63) is 52.6 Å². The SMILES string of the molecule is CCCNC(C)c1ccc(Cc2nccn2C)cc1Cl. The van der Waals surface area contributed by atoms with Crippen LogP contribution in [0.2, 0.25) is 5.02 Å². The van der Waals surface area contributed by atoms with Crippen molar-refractivity contribution in [2.24, 2.45) is 7.05 Å². The van der Waals surface area contributed by atoms with Gasteiger partial charge in [0.1, 0.15) is 5.82 Å². The fraction of sp³-hybridized carbons (Fsp3) is 0.438. The smallest absolute Gasteiger partial charge is 0.112 e. The lowest BCUT2D eigenvalue weighted by atomic mass is 10.0. The Kier molecular flexibility index (Phi) is 5.21. The molecule has 1 heterocycles. The van der Waals surface area contributed by atoms with E-state index in [-0.39, 0.29) is 6.04 Å². The lowest BCUT2D eigenvalue weighted by Gasteiger charge is -2.16. The lowest BCUT2D eigenvalue weighted by molar-refractivity contribution is 0.571. The van der Waals surface area contributed by atoms with Crippen LogP contribution in [0.4, 0.5) is 0 Å². The molecule has 2 rings (SSSR count). The van der Waals surface area contributed by atoms with Crippen molar-refractivity contribution in [3.8, 4) is 0 Å². The Morgan fingerprint density at radius 2 is 2.20 bits per heavy atom. The zero-order valence-corrected chi connectivity index (χ0v) is 13.1. The second-order valence-corrected chi connectivity index (χ2v) is 5.57. The van der Waals surface area contributed by atoms with Gasteiger partial charge < -0.3 is 9.88 Å². The molecular weight excluding hydrogens is 270 g/mol. The van der Waals surface area contributed by atoms with Crippen molar-refractivity contribution in [1.82, 2.24) is 14.9 Å². The number of nitrogens with zero attached hydrogens (tertiary/aromatic N) is 2. The van der Waals surface area contributed by atoms with Crippen LogP contribution >= 0.6 is 11.6 Å². The minimum Gasteiger partial charge on any atom is -0.338 e. The number of halogens is 1. The summed E-state index contributed by atoms with van der Waals surface area (Å²) >= 11 is 6.42. The van der Waals surface area contributed by atoms with Crippen molar-refractivity contribution in [2.75, 3.05) is 6.54 Å². The van der Waals surface area contributed by atoms with E-state index in [0.29, 0.717) is 0 Å². The third-order valence-corrected chi connectivity index (χ3v) is 3.84. The van der Waals surface area contributed by atoms with Crippen molar-refractivity contribution in [1.29, 1.82) is 0 Å². The monoisotopic (exact) mass is 291 g/mol. The molecule has 1 aromatic heterocycles. The fourth-order valence-electron chi connectivity index (χ4n) is 2.25. The second-order valence-electron chi connectivity index (χ2n) is 5.16. The number of rotatable bonds is 6. The van der Waals surface area contributed by atoms with E-state index in [4.69, 9.17) is 11.6 Å². The van der Waals surface area contributed by atoms with E-state index in [2.05, 4.69) is 42.3 Å². The number of aryl methyl sites for hydroxylation is 1. The minimum atomic E-state index is 0.282. The number of aromatic nitrogens is 2.